The van der Waals surface area contributed by atoms with E-state index in [0.717, 1.165) is 31.6 Å². The highest BCUT2D eigenvalue weighted by molar-refractivity contribution is 5.92. The largest absolute Gasteiger partial charge is 0.334 e. The van der Waals surface area contributed by atoms with Crippen LogP contribution >= 0.6 is 0 Å². The summed E-state index contributed by atoms with van der Waals surface area (Å²) in [6.07, 6.45) is 1.58. The molecule has 0 unspecified atom stereocenters. The van der Waals surface area contributed by atoms with Crippen molar-refractivity contribution >= 4 is 11.6 Å². The monoisotopic (exact) mass is 408 g/mol. The van der Waals surface area contributed by atoms with Gasteiger partial charge < -0.3 is 9.84 Å². The zero-order valence-electron chi connectivity index (χ0n) is 17.2. The average Bonchev–Trinajstić information content (AvgIpc) is 3.20. The molecule has 1 fully saturated rings. The molecule has 0 aliphatic carbocycles. The summed E-state index contributed by atoms with van der Waals surface area (Å²) in [6.45, 7) is 6.26. The summed E-state index contributed by atoms with van der Waals surface area (Å²) in [5.41, 5.74) is 3.93. The van der Waals surface area contributed by atoms with E-state index in [1.165, 1.54) is 23.3 Å². The fraction of sp³-hybridized carbons (Fsp3) is 0.348. The number of piperidine rings is 1. The Kier molecular flexibility index (Phi) is 5.90. The van der Waals surface area contributed by atoms with Crippen molar-refractivity contribution in [3.05, 3.63) is 65.2 Å². The number of carbonyl (C=O) groups excluding carboxylic acids is 1. The fourth-order valence-corrected chi connectivity index (χ4v) is 3.64. The molecule has 6 nitrogen and oxygen atoms in total. The number of rotatable bonds is 5. The lowest BCUT2D eigenvalue weighted by Gasteiger charge is -2.30. The molecule has 30 heavy (non-hydrogen) atoms. The van der Waals surface area contributed by atoms with Gasteiger partial charge in [-0.1, -0.05) is 11.2 Å². The third kappa shape index (κ3) is 4.74. The minimum atomic E-state index is -0.303. The van der Waals surface area contributed by atoms with Crippen LogP contribution in [0.5, 0.6) is 0 Å². The number of benzene rings is 2. The SMILES string of the molecule is Cc1ccc(NC(=O)C2CCN(Cc3noc(-c4ccc(F)cc4)n3)CC2)cc1C. The van der Waals surface area contributed by atoms with E-state index in [-0.39, 0.29) is 17.6 Å². The number of hydrogen-bond donors (Lipinski definition) is 1. The molecular formula is C23H25FN4O2. The van der Waals surface area contributed by atoms with Gasteiger partial charge in [0, 0.05) is 17.2 Å². The number of aryl methyl sites for hydroxylation is 2. The Labute approximate surface area is 175 Å². The van der Waals surface area contributed by atoms with Crippen molar-refractivity contribution in [3.8, 4) is 11.5 Å². The number of amides is 1. The number of anilines is 1. The molecule has 0 saturated carbocycles. The fourth-order valence-electron chi connectivity index (χ4n) is 3.64. The summed E-state index contributed by atoms with van der Waals surface area (Å²) < 4.78 is 18.4. The smallest absolute Gasteiger partial charge is 0.257 e. The molecule has 7 heteroatoms. The number of carbonyl (C=O) groups is 1. The molecule has 2 aromatic carbocycles. The molecule has 0 spiro atoms. The minimum Gasteiger partial charge on any atom is -0.334 e. The highest BCUT2D eigenvalue weighted by atomic mass is 19.1. The topological polar surface area (TPSA) is 71.3 Å². The first kappa shape index (κ1) is 20.2. The Morgan fingerprint density at radius 1 is 1.13 bits per heavy atom. The number of halogens is 1. The predicted octanol–water partition coefficient (Wildman–Crippen LogP) is 4.34. The zero-order valence-corrected chi connectivity index (χ0v) is 17.2. The molecule has 4 rings (SSSR count). The summed E-state index contributed by atoms with van der Waals surface area (Å²) in [5, 5.41) is 7.08. The predicted molar refractivity (Wildman–Crippen MR) is 112 cm³/mol. The molecule has 1 aliphatic heterocycles. The Morgan fingerprint density at radius 2 is 1.87 bits per heavy atom. The highest BCUT2D eigenvalue weighted by Crippen LogP contribution is 2.23. The van der Waals surface area contributed by atoms with Crippen LogP contribution in [-0.4, -0.2) is 34.0 Å². The summed E-state index contributed by atoms with van der Waals surface area (Å²) in [4.78, 5) is 19.2. The van der Waals surface area contributed by atoms with Gasteiger partial charge in [-0.05, 0) is 87.3 Å². The van der Waals surface area contributed by atoms with Crippen molar-refractivity contribution in [2.75, 3.05) is 18.4 Å². The molecule has 1 aromatic heterocycles. The van der Waals surface area contributed by atoms with Crippen molar-refractivity contribution in [3.63, 3.8) is 0 Å². The van der Waals surface area contributed by atoms with Crippen LogP contribution in [0.1, 0.15) is 29.8 Å². The normalized spacial score (nSPS) is 15.3. The number of likely N-dealkylation sites (tertiary alicyclic amines) is 1. The van der Waals surface area contributed by atoms with Crippen molar-refractivity contribution in [2.45, 2.75) is 33.2 Å². The number of nitrogens with one attached hydrogen (secondary N) is 1. The van der Waals surface area contributed by atoms with Gasteiger partial charge in [-0.2, -0.15) is 4.98 Å². The van der Waals surface area contributed by atoms with Crippen LogP contribution < -0.4 is 5.32 Å². The third-order valence-electron chi connectivity index (χ3n) is 5.66. The number of aromatic nitrogens is 2. The maximum Gasteiger partial charge on any atom is 0.257 e. The number of nitrogens with zero attached hydrogens (tertiary/aromatic N) is 3. The molecule has 0 atom stereocenters. The maximum atomic E-state index is 13.1. The second kappa shape index (κ2) is 8.75. The molecular weight excluding hydrogens is 383 g/mol. The Bertz CT molecular complexity index is 1020. The lowest BCUT2D eigenvalue weighted by atomic mass is 9.95. The van der Waals surface area contributed by atoms with Crippen LogP contribution in [0.3, 0.4) is 0 Å². The van der Waals surface area contributed by atoms with E-state index < -0.39 is 0 Å². The Hall–Kier alpha value is -3.06. The van der Waals surface area contributed by atoms with E-state index in [1.54, 1.807) is 12.1 Å². The van der Waals surface area contributed by atoms with Crippen molar-refractivity contribution in [1.82, 2.24) is 15.0 Å². The number of hydrogen-bond acceptors (Lipinski definition) is 5. The third-order valence-corrected chi connectivity index (χ3v) is 5.66. The van der Waals surface area contributed by atoms with Gasteiger partial charge in [-0.25, -0.2) is 4.39 Å². The van der Waals surface area contributed by atoms with Gasteiger partial charge in [-0.3, -0.25) is 9.69 Å². The Morgan fingerprint density at radius 3 is 2.57 bits per heavy atom. The molecule has 1 amide bonds. The summed E-state index contributed by atoms with van der Waals surface area (Å²) >= 11 is 0. The van der Waals surface area contributed by atoms with Crippen LogP contribution in [0.15, 0.2) is 47.0 Å². The molecule has 156 valence electrons. The van der Waals surface area contributed by atoms with Gasteiger partial charge in [0.2, 0.25) is 5.91 Å². The lowest BCUT2D eigenvalue weighted by molar-refractivity contribution is -0.121. The molecule has 1 aliphatic rings. The summed E-state index contributed by atoms with van der Waals surface area (Å²) in [6, 6.07) is 12.0. The van der Waals surface area contributed by atoms with Gasteiger partial charge in [-0.15, -0.1) is 0 Å². The minimum absolute atomic E-state index is 0.00269. The first-order chi connectivity index (χ1) is 14.5. The van der Waals surface area contributed by atoms with Gasteiger partial charge >= 0.3 is 0 Å². The van der Waals surface area contributed by atoms with Gasteiger partial charge in [0.15, 0.2) is 5.82 Å². The van der Waals surface area contributed by atoms with Crippen molar-refractivity contribution in [2.24, 2.45) is 5.92 Å². The van der Waals surface area contributed by atoms with E-state index >= 15 is 0 Å². The molecule has 3 aromatic rings. The van der Waals surface area contributed by atoms with E-state index in [0.29, 0.717) is 23.8 Å². The standard InChI is InChI=1S/C23H25FN4O2/c1-15-3-8-20(13-16(15)2)25-22(29)17-9-11-28(12-10-17)14-21-26-23(30-27-21)18-4-6-19(24)7-5-18/h3-8,13,17H,9-12,14H2,1-2H3,(H,25,29). The second-order valence-corrected chi connectivity index (χ2v) is 7.86. The molecule has 1 N–H and O–H groups in total. The van der Waals surface area contributed by atoms with Crippen LogP contribution in [0, 0.1) is 25.6 Å². The summed E-state index contributed by atoms with van der Waals surface area (Å²) in [7, 11) is 0. The van der Waals surface area contributed by atoms with Crippen LogP contribution in [0.2, 0.25) is 0 Å². The zero-order chi connectivity index (χ0) is 21.1. The van der Waals surface area contributed by atoms with Crippen LogP contribution in [0.25, 0.3) is 11.5 Å². The van der Waals surface area contributed by atoms with E-state index in [1.807, 2.05) is 25.1 Å². The van der Waals surface area contributed by atoms with Gasteiger partial charge in [0.1, 0.15) is 5.82 Å². The second-order valence-electron chi connectivity index (χ2n) is 7.86. The van der Waals surface area contributed by atoms with Crippen molar-refractivity contribution < 1.29 is 13.7 Å². The molecule has 1 saturated heterocycles. The van der Waals surface area contributed by atoms with E-state index in [2.05, 4.69) is 27.3 Å². The first-order valence-corrected chi connectivity index (χ1v) is 10.2. The molecule has 0 bridgehead atoms. The average molecular weight is 408 g/mol. The molecule has 2 heterocycles. The first-order valence-electron chi connectivity index (χ1n) is 10.2. The van der Waals surface area contributed by atoms with E-state index in [4.69, 9.17) is 4.52 Å². The van der Waals surface area contributed by atoms with E-state index in [9.17, 15) is 9.18 Å². The van der Waals surface area contributed by atoms with Crippen LogP contribution in [0.4, 0.5) is 10.1 Å². The summed E-state index contributed by atoms with van der Waals surface area (Å²) in [5.74, 6) is 0.752. The quantitative estimate of drug-likeness (QED) is 0.680. The maximum absolute atomic E-state index is 13.1. The van der Waals surface area contributed by atoms with Gasteiger partial charge in [0.05, 0.1) is 6.54 Å². The highest BCUT2D eigenvalue weighted by Gasteiger charge is 2.26. The van der Waals surface area contributed by atoms with Gasteiger partial charge in [0.25, 0.3) is 5.89 Å². The van der Waals surface area contributed by atoms with Crippen LogP contribution in [-0.2, 0) is 11.3 Å². The lowest BCUT2D eigenvalue weighted by Crippen LogP contribution is -2.38. The Balaban J connectivity index is 1.29. The van der Waals surface area contributed by atoms with Crippen molar-refractivity contribution in [1.29, 1.82) is 0 Å². The molecule has 0 radical (unpaired) electrons.